The fraction of sp³-hybridized carbons (Fsp3) is 0.556. The minimum atomic E-state index is -3.08. The Morgan fingerprint density at radius 2 is 1.88 bits per heavy atom. The van der Waals surface area contributed by atoms with Crippen LogP contribution >= 0.6 is 0 Å². The maximum absolute atomic E-state index is 12.3. The highest BCUT2D eigenvalue weighted by molar-refractivity contribution is 7.91. The minimum Gasteiger partial charge on any atom is -0.491 e. The molecule has 1 aromatic rings. The number of carbonyl (C=O) groups excluding carboxylic acids is 2. The molecule has 1 aliphatic heterocycles. The van der Waals surface area contributed by atoms with Gasteiger partial charge in [0.25, 0.3) is 5.91 Å². The summed E-state index contributed by atoms with van der Waals surface area (Å²) in [6, 6.07) is 6.14. The fourth-order valence-electron chi connectivity index (χ4n) is 2.89. The zero-order valence-corrected chi connectivity index (χ0v) is 16.1. The van der Waals surface area contributed by atoms with E-state index in [-0.39, 0.29) is 29.6 Å². The molecule has 0 aliphatic carbocycles. The molecule has 0 radical (unpaired) electrons. The molecule has 8 heteroatoms. The molecule has 0 aromatic heterocycles. The number of likely N-dealkylation sites (N-methyl/N-ethyl adjacent to an activating group) is 1. The maximum Gasteiger partial charge on any atom is 0.338 e. The molecule has 0 bridgehead atoms. The number of benzene rings is 1. The Hall–Kier alpha value is -2.09. The Labute approximate surface area is 154 Å². The Balaban J connectivity index is 1.90. The standard InChI is InChI=1S/C18H25NO6S/c1-4-19(15-9-10-26(22,23)12-15)17(20)11-24-18(21)14-5-7-16(8-6-14)25-13(2)3/h5-8,13,15H,4,9-12H2,1-3H3/t15-/m1/s1. The smallest absolute Gasteiger partial charge is 0.338 e. The van der Waals surface area contributed by atoms with Gasteiger partial charge in [0, 0.05) is 12.6 Å². The Morgan fingerprint density at radius 1 is 1.23 bits per heavy atom. The summed E-state index contributed by atoms with van der Waals surface area (Å²) < 4.78 is 33.8. The van der Waals surface area contributed by atoms with Crippen molar-refractivity contribution in [3.8, 4) is 5.75 Å². The van der Waals surface area contributed by atoms with Crippen LogP contribution in [0.5, 0.6) is 5.75 Å². The van der Waals surface area contributed by atoms with Crippen molar-refractivity contribution in [1.29, 1.82) is 0 Å². The van der Waals surface area contributed by atoms with Crippen LogP contribution in [0.1, 0.15) is 37.6 Å². The van der Waals surface area contributed by atoms with Crippen LogP contribution in [0, 0.1) is 0 Å². The van der Waals surface area contributed by atoms with E-state index in [4.69, 9.17) is 9.47 Å². The quantitative estimate of drug-likeness (QED) is 0.665. The van der Waals surface area contributed by atoms with E-state index in [0.29, 0.717) is 24.3 Å². The first kappa shape index (κ1) is 20.2. The van der Waals surface area contributed by atoms with Crippen molar-refractivity contribution < 1.29 is 27.5 Å². The first-order chi connectivity index (χ1) is 12.2. The lowest BCUT2D eigenvalue weighted by Crippen LogP contribution is -2.43. The van der Waals surface area contributed by atoms with Gasteiger partial charge in [0.15, 0.2) is 16.4 Å². The number of esters is 1. The van der Waals surface area contributed by atoms with Crippen molar-refractivity contribution in [2.45, 2.75) is 39.3 Å². The molecule has 1 aromatic carbocycles. The molecule has 1 aliphatic rings. The number of carbonyl (C=O) groups is 2. The van der Waals surface area contributed by atoms with Crippen molar-refractivity contribution >= 4 is 21.7 Å². The molecule has 1 saturated heterocycles. The lowest BCUT2D eigenvalue weighted by atomic mass is 10.2. The second-order valence-electron chi connectivity index (χ2n) is 6.50. The second kappa shape index (κ2) is 8.53. The topological polar surface area (TPSA) is 90.0 Å². The lowest BCUT2D eigenvalue weighted by molar-refractivity contribution is -0.136. The van der Waals surface area contributed by atoms with Gasteiger partial charge in [0.2, 0.25) is 0 Å². The summed E-state index contributed by atoms with van der Waals surface area (Å²) in [7, 11) is -3.08. The lowest BCUT2D eigenvalue weighted by Gasteiger charge is -2.26. The molecule has 1 amide bonds. The largest absolute Gasteiger partial charge is 0.491 e. The Kier molecular flexibility index (Phi) is 6.63. The zero-order valence-electron chi connectivity index (χ0n) is 15.3. The van der Waals surface area contributed by atoms with E-state index in [1.165, 1.54) is 4.90 Å². The van der Waals surface area contributed by atoms with Gasteiger partial charge >= 0.3 is 5.97 Å². The Bertz CT molecular complexity index is 741. The van der Waals surface area contributed by atoms with E-state index in [9.17, 15) is 18.0 Å². The van der Waals surface area contributed by atoms with Crippen LogP contribution in [0.2, 0.25) is 0 Å². The van der Waals surface area contributed by atoms with Crippen LogP contribution in [0.3, 0.4) is 0 Å². The molecule has 0 saturated carbocycles. The molecule has 0 N–H and O–H groups in total. The average molecular weight is 383 g/mol. The second-order valence-corrected chi connectivity index (χ2v) is 8.73. The normalized spacial score (nSPS) is 18.5. The van der Waals surface area contributed by atoms with Crippen LogP contribution < -0.4 is 4.74 Å². The van der Waals surface area contributed by atoms with Gasteiger partial charge in [-0.3, -0.25) is 4.79 Å². The van der Waals surface area contributed by atoms with Gasteiger partial charge in [0.1, 0.15) is 5.75 Å². The summed E-state index contributed by atoms with van der Waals surface area (Å²) in [4.78, 5) is 25.9. The summed E-state index contributed by atoms with van der Waals surface area (Å²) >= 11 is 0. The number of hydrogen-bond donors (Lipinski definition) is 0. The summed E-state index contributed by atoms with van der Waals surface area (Å²) in [6.45, 7) is 5.55. The fourth-order valence-corrected chi connectivity index (χ4v) is 4.63. The average Bonchev–Trinajstić information content (AvgIpc) is 2.93. The Morgan fingerprint density at radius 3 is 2.38 bits per heavy atom. The van der Waals surface area contributed by atoms with Gasteiger partial charge in [-0.1, -0.05) is 0 Å². The summed E-state index contributed by atoms with van der Waals surface area (Å²) in [6.07, 6.45) is 0.456. The molecule has 0 unspecified atom stereocenters. The third-order valence-electron chi connectivity index (χ3n) is 4.10. The summed E-state index contributed by atoms with van der Waals surface area (Å²) in [5.41, 5.74) is 0.320. The molecule has 7 nitrogen and oxygen atoms in total. The van der Waals surface area contributed by atoms with Crippen LogP contribution in [0.15, 0.2) is 24.3 Å². The first-order valence-corrected chi connectivity index (χ1v) is 10.5. The van der Waals surface area contributed by atoms with Crippen LogP contribution in [0.4, 0.5) is 0 Å². The summed E-state index contributed by atoms with van der Waals surface area (Å²) in [5, 5.41) is 0. The van der Waals surface area contributed by atoms with E-state index >= 15 is 0 Å². The van der Waals surface area contributed by atoms with Crippen molar-refractivity contribution in [3.63, 3.8) is 0 Å². The van der Waals surface area contributed by atoms with Gasteiger partial charge in [0.05, 0.1) is 23.2 Å². The third-order valence-corrected chi connectivity index (χ3v) is 5.85. The van der Waals surface area contributed by atoms with Crippen LogP contribution in [-0.2, 0) is 19.4 Å². The predicted octanol–water partition coefficient (Wildman–Crippen LogP) is 1.67. The van der Waals surface area contributed by atoms with Crippen molar-refractivity contribution in [2.75, 3.05) is 24.7 Å². The molecule has 1 heterocycles. The number of ether oxygens (including phenoxy) is 2. The molecule has 26 heavy (non-hydrogen) atoms. The van der Waals surface area contributed by atoms with E-state index in [1.807, 2.05) is 13.8 Å². The first-order valence-electron chi connectivity index (χ1n) is 8.65. The van der Waals surface area contributed by atoms with Crippen LogP contribution in [-0.4, -0.2) is 62.0 Å². The van der Waals surface area contributed by atoms with Gasteiger partial charge < -0.3 is 14.4 Å². The highest BCUT2D eigenvalue weighted by atomic mass is 32.2. The number of rotatable bonds is 7. The monoisotopic (exact) mass is 383 g/mol. The zero-order chi connectivity index (χ0) is 19.3. The van der Waals surface area contributed by atoms with Gasteiger partial charge in [-0.05, 0) is 51.5 Å². The molecule has 144 valence electrons. The van der Waals surface area contributed by atoms with Gasteiger partial charge in [-0.2, -0.15) is 0 Å². The van der Waals surface area contributed by atoms with Crippen molar-refractivity contribution in [3.05, 3.63) is 29.8 Å². The minimum absolute atomic E-state index is 0.0299. The van der Waals surface area contributed by atoms with Gasteiger partial charge in [-0.15, -0.1) is 0 Å². The van der Waals surface area contributed by atoms with Crippen LogP contribution in [0.25, 0.3) is 0 Å². The highest BCUT2D eigenvalue weighted by Crippen LogP contribution is 2.18. The van der Waals surface area contributed by atoms with Gasteiger partial charge in [-0.25, -0.2) is 13.2 Å². The SMILES string of the molecule is CCN(C(=O)COC(=O)c1ccc(OC(C)C)cc1)[C@@H]1CCS(=O)(=O)C1. The van der Waals surface area contributed by atoms with E-state index < -0.39 is 22.4 Å². The number of hydrogen-bond acceptors (Lipinski definition) is 6. The molecule has 1 fully saturated rings. The molecule has 0 spiro atoms. The number of amides is 1. The van der Waals surface area contributed by atoms with Crippen molar-refractivity contribution in [1.82, 2.24) is 4.90 Å². The van der Waals surface area contributed by atoms with E-state index in [1.54, 1.807) is 31.2 Å². The molecule has 2 rings (SSSR count). The maximum atomic E-state index is 12.3. The number of nitrogens with zero attached hydrogens (tertiary/aromatic N) is 1. The molecular formula is C18H25NO6S. The third kappa shape index (κ3) is 5.45. The molecular weight excluding hydrogens is 358 g/mol. The van der Waals surface area contributed by atoms with Crippen molar-refractivity contribution in [2.24, 2.45) is 0 Å². The molecule has 1 atom stereocenters. The predicted molar refractivity (Wildman–Crippen MR) is 96.9 cm³/mol. The highest BCUT2D eigenvalue weighted by Gasteiger charge is 2.34. The van der Waals surface area contributed by atoms with E-state index in [0.717, 1.165) is 0 Å². The number of sulfone groups is 1. The van der Waals surface area contributed by atoms with E-state index in [2.05, 4.69) is 0 Å². The summed E-state index contributed by atoms with van der Waals surface area (Å²) in [5.74, 6) is -0.288.